The summed E-state index contributed by atoms with van der Waals surface area (Å²) < 4.78 is 13.9. The topological polar surface area (TPSA) is 29.3 Å². The van der Waals surface area contributed by atoms with Gasteiger partial charge in [0.2, 0.25) is 0 Å². The van der Waals surface area contributed by atoms with Crippen molar-refractivity contribution in [2.45, 2.75) is 52.0 Å². The van der Waals surface area contributed by atoms with E-state index in [-0.39, 0.29) is 11.9 Å². The number of fused-ring (bicyclic) bond motifs is 1. The van der Waals surface area contributed by atoms with Crippen molar-refractivity contribution in [2.24, 2.45) is 17.6 Å². The Morgan fingerprint density at radius 3 is 2.62 bits per heavy atom. The van der Waals surface area contributed by atoms with Crippen LogP contribution in [0.2, 0.25) is 0 Å². The number of piperidine rings is 1. The lowest BCUT2D eigenvalue weighted by Gasteiger charge is -2.43. The first kappa shape index (κ1) is 14.8. The Labute approximate surface area is 127 Å². The summed E-state index contributed by atoms with van der Waals surface area (Å²) in [5.41, 5.74) is 8.91. The quantitative estimate of drug-likeness (QED) is 0.885. The second kappa shape index (κ2) is 5.96. The highest BCUT2D eigenvalue weighted by atomic mass is 19.1. The third-order valence-corrected chi connectivity index (χ3v) is 5.43. The summed E-state index contributed by atoms with van der Waals surface area (Å²) in [7, 11) is 0. The molecule has 0 bridgehead atoms. The molecule has 2 nitrogen and oxygen atoms in total. The van der Waals surface area contributed by atoms with E-state index in [1.54, 1.807) is 6.07 Å². The third-order valence-electron chi connectivity index (χ3n) is 5.43. The first-order valence-corrected chi connectivity index (χ1v) is 8.37. The van der Waals surface area contributed by atoms with Crippen LogP contribution in [0.1, 0.15) is 56.2 Å². The van der Waals surface area contributed by atoms with Gasteiger partial charge in [-0.1, -0.05) is 19.3 Å². The maximum absolute atomic E-state index is 13.9. The van der Waals surface area contributed by atoms with Crippen molar-refractivity contribution < 1.29 is 4.39 Å². The molecule has 3 atom stereocenters. The van der Waals surface area contributed by atoms with Crippen LogP contribution in [0.15, 0.2) is 12.1 Å². The summed E-state index contributed by atoms with van der Waals surface area (Å²) in [5, 5.41) is 0. The van der Waals surface area contributed by atoms with Gasteiger partial charge in [-0.3, -0.25) is 0 Å². The van der Waals surface area contributed by atoms with Crippen LogP contribution in [0.5, 0.6) is 0 Å². The van der Waals surface area contributed by atoms with Gasteiger partial charge >= 0.3 is 0 Å². The van der Waals surface area contributed by atoms with Crippen LogP contribution in [-0.4, -0.2) is 13.1 Å². The molecule has 0 amide bonds. The highest BCUT2D eigenvalue weighted by molar-refractivity contribution is 5.57. The number of nitrogens with two attached hydrogens (primary N) is 1. The van der Waals surface area contributed by atoms with Gasteiger partial charge in [-0.25, -0.2) is 4.39 Å². The highest BCUT2D eigenvalue weighted by Gasteiger charge is 2.32. The lowest BCUT2D eigenvalue weighted by atomic mass is 9.75. The number of hydrogen-bond acceptors (Lipinski definition) is 2. The average Bonchev–Trinajstić information content (AvgIpc) is 2.49. The predicted molar refractivity (Wildman–Crippen MR) is 86.0 cm³/mol. The Kier molecular flexibility index (Phi) is 4.21. The van der Waals surface area contributed by atoms with Crippen molar-refractivity contribution in [3.63, 3.8) is 0 Å². The van der Waals surface area contributed by atoms with E-state index in [9.17, 15) is 4.39 Å². The standard InChI is InChI=1S/C18H27FN2/c1-12-9-18(16(13(2)20)10-17(12)19)21-8-7-14-5-3-4-6-15(14)11-21/h9-10,13-15H,3-8,11,20H2,1-2H3. The number of rotatable bonds is 2. The number of benzene rings is 1. The molecule has 0 aromatic heterocycles. The fourth-order valence-electron chi connectivity index (χ4n) is 4.14. The van der Waals surface area contributed by atoms with Gasteiger partial charge in [-0.15, -0.1) is 0 Å². The van der Waals surface area contributed by atoms with Crippen LogP contribution in [0.25, 0.3) is 0 Å². The first-order valence-electron chi connectivity index (χ1n) is 8.37. The molecule has 1 aliphatic carbocycles. The van der Waals surface area contributed by atoms with E-state index in [1.807, 2.05) is 19.9 Å². The zero-order valence-corrected chi connectivity index (χ0v) is 13.2. The van der Waals surface area contributed by atoms with E-state index in [4.69, 9.17) is 5.73 Å². The summed E-state index contributed by atoms with van der Waals surface area (Å²) in [6, 6.07) is 3.51. The molecular formula is C18H27FN2. The lowest BCUT2D eigenvalue weighted by molar-refractivity contribution is 0.202. The van der Waals surface area contributed by atoms with Gasteiger partial charge in [0.1, 0.15) is 5.82 Å². The molecule has 0 spiro atoms. The Hall–Kier alpha value is -1.09. The molecular weight excluding hydrogens is 263 g/mol. The minimum Gasteiger partial charge on any atom is -0.371 e. The van der Waals surface area contributed by atoms with Crippen molar-refractivity contribution in [3.8, 4) is 0 Å². The van der Waals surface area contributed by atoms with Gasteiger partial charge in [0.05, 0.1) is 0 Å². The summed E-state index contributed by atoms with van der Waals surface area (Å²) >= 11 is 0. The van der Waals surface area contributed by atoms with E-state index in [2.05, 4.69) is 4.90 Å². The van der Waals surface area contributed by atoms with Crippen molar-refractivity contribution in [1.29, 1.82) is 0 Å². The fourth-order valence-corrected chi connectivity index (χ4v) is 4.14. The van der Waals surface area contributed by atoms with E-state index in [0.717, 1.165) is 41.7 Å². The van der Waals surface area contributed by atoms with Crippen LogP contribution < -0.4 is 10.6 Å². The van der Waals surface area contributed by atoms with Gasteiger partial charge in [0.15, 0.2) is 0 Å². The maximum atomic E-state index is 13.9. The van der Waals surface area contributed by atoms with Gasteiger partial charge in [0.25, 0.3) is 0 Å². The van der Waals surface area contributed by atoms with E-state index in [0.29, 0.717) is 0 Å². The molecule has 1 saturated heterocycles. The fraction of sp³-hybridized carbons (Fsp3) is 0.667. The largest absolute Gasteiger partial charge is 0.371 e. The molecule has 116 valence electrons. The molecule has 1 aromatic rings. The van der Waals surface area contributed by atoms with Gasteiger partial charge in [-0.05, 0) is 61.8 Å². The van der Waals surface area contributed by atoms with Crippen molar-refractivity contribution in [3.05, 3.63) is 29.1 Å². The number of aryl methyl sites for hydroxylation is 1. The van der Waals surface area contributed by atoms with E-state index < -0.39 is 0 Å². The number of anilines is 1. The minimum absolute atomic E-state index is 0.126. The molecule has 3 unspecified atom stereocenters. The third kappa shape index (κ3) is 2.94. The lowest BCUT2D eigenvalue weighted by Crippen LogP contribution is -2.42. The Morgan fingerprint density at radius 1 is 1.19 bits per heavy atom. The number of halogens is 1. The van der Waals surface area contributed by atoms with Crippen LogP contribution in [0.3, 0.4) is 0 Å². The first-order chi connectivity index (χ1) is 10.1. The second-order valence-electron chi connectivity index (χ2n) is 6.99. The van der Waals surface area contributed by atoms with Crippen LogP contribution in [0.4, 0.5) is 10.1 Å². The molecule has 1 heterocycles. The number of hydrogen-bond donors (Lipinski definition) is 1. The van der Waals surface area contributed by atoms with Gasteiger partial charge < -0.3 is 10.6 Å². The average molecular weight is 290 g/mol. The Bertz CT molecular complexity index is 512. The van der Waals surface area contributed by atoms with Gasteiger partial charge in [-0.2, -0.15) is 0 Å². The van der Waals surface area contributed by atoms with Crippen molar-refractivity contribution in [2.75, 3.05) is 18.0 Å². The summed E-state index contributed by atoms with van der Waals surface area (Å²) in [4.78, 5) is 2.46. The molecule has 2 fully saturated rings. The van der Waals surface area contributed by atoms with E-state index in [1.165, 1.54) is 32.1 Å². The minimum atomic E-state index is -0.140. The normalized spacial score (nSPS) is 27.3. The van der Waals surface area contributed by atoms with Crippen molar-refractivity contribution >= 4 is 5.69 Å². The molecule has 3 rings (SSSR count). The predicted octanol–water partition coefficient (Wildman–Crippen LogP) is 4.17. The summed E-state index contributed by atoms with van der Waals surface area (Å²) in [5.74, 6) is 1.59. The molecule has 1 saturated carbocycles. The summed E-state index contributed by atoms with van der Waals surface area (Å²) in [6.07, 6.45) is 6.81. The molecule has 2 aliphatic rings. The molecule has 2 N–H and O–H groups in total. The van der Waals surface area contributed by atoms with Crippen LogP contribution in [-0.2, 0) is 0 Å². The highest BCUT2D eigenvalue weighted by Crippen LogP contribution is 2.39. The Morgan fingerprint density at radius 2 is 1.90 bits per heavy atom. The molecule has 0 radical (unpaired) electrons. The molecule has 1 aliphatic heterocycles. The SMILES string of the molecule is Cc1cc(N2CCC3CCCCC3C2)c(C(C)N)cc1F. The Balaban J connectivity index is 1.87. The molecule has 1 aromatic carbocycles. The zero-order valence-electron chi connectivity index (χ0n) is 13.2. The smallest absolute Gasteiger partial charge is 0.126 e. The summed E-state index contributed by atoms with van der Waals surface area (Å²) in [6.45, 7) is 6.00. The van der Waals surface area contributed by atoms with Crippen LogP contribution >= 0.6 is 0 Å². The second-order valence-corrected chi connectivity index (χ2v) is 6.99. The van der Waals surface area contributed by atoms with Gasteiger partial charge in [0, 0.05) is 24.8 Å². The maximum Gasteiger partial charge on any atom is 0.126 e. The molecule has 3 heteroatoms. The van der Waals surface area contributed by atoms with E-state index >= 15 is 0 Å². The number of nitrogens with zero attached hydrogens (tertiary/aromatic N) is 1. The monoisotopic (exact) mass is 290 g/mol. The zero-order chi connectivity index (χ0) is 15.0. The van der Waals surface area contributed by atoms with Crippen molar-refractivity contribution in [1.82, 2.24) is 0 Å². The molecule has 21 heavy (non-hydrogen) atoms. The van der Waals surface area contributed by atoms with Crippen LogP contribution in [0, 0.1) is 24.6 Å².